The van der Waals surface area contributed by atoms with Gasteiger partial charge in [-0.05, 0) is 55.6 Å². The maximum atomic E-state index is 12.8. The number of pyridine rings is 1. The highest BCUT2D eigenvalue weighted by atomic mass is 35.5. The Morgan fingerprint density at radius 3 is 2.37 bits per heavy atom. The fourth-order valence-corrected chi connectivity index (χ4v) is 3.26. The first-order valence-corrected chi connectivity index (χ1v) is 8.72. The molecule has 0 spiro atoms. The maximum absolute atomic E-state index is 12.8. The number of rotatable bonds is 5. The van der Waals surface area contributed by atoms with Gasteiger partial charge in [-0.1, -0.05) is 30.3 Å². The first-order valence-electron chi connectivity index (χ1n) is 8.72. The monoisotopic (exact) mass is 411 g/mol. The second-order valence-electron chi connectivity index (χ2n) is 6.51. The van der Waals surface area contributed by atoms with Crippen LogP contribution in [0.4, 0.5) is 0 Å². The number of ether oxygens (including phenoxy) is 1. The molecule has 1 aromatic carbocycles. The minimum atomic E-state index is -0.713. The Balaban J connectivity index is 0.00000182. The number of nitrogens with zero attached hydrogens (tertiary/aromatic N) is 1. The van der Waals surface area contributed by atoms with E-state index in [1.807, 2.05) is 25.3 Å². The summed E-state index contributed by atoms with van der Waals surface area (Å²) in [4.78, 5) is 16.9. The van der Waals surface area contributed by atoms with Gasteiger partial charge in [0.25, 0.3) is 5.91 Å². The predicted octanol–water partition coefficient (Wildman–Crippen LogP) is 3.54. The van der Waals surface area contributed by atoms with Crippen molar-refractivity contribution in [1.82, 2.24) is 15.6 Å². The van der Waals surface area contributed by atoms with E-state index < -0.39 is 5.60 Å². The van der Waals surface area contributed by atoms with Crippen molar-refractivity contribution < 1.29 is 9.53 Å². The second-order valence-corrected chi connectivity index (χ2v) is 6.51. The summed E-state index contributed by atoms with van der Waals surface area (Å²) in [5, 5.41) is 6.38. The van der Waals surface area contributed by atoms with Crippen molar-refractivity contribution >= 4 is 30.7 Å². The zero-order valence-corrected chi connectivity index (χ0v) is 17.2. The van der Waals surface area contributed by atoms with Crippen LogP contribution < -0.4 is 10.6 Å². The molecule has 2 heterocycles. The Bertz CT molecular complexity index is 705. The van der Waals surface area contributed by atoms with Gasteiger partial charge in [-0.25, -0.2) is 0 Å². The lowest BCUT2D eigenvalue weighted by Gasteiger charge is -2.35. The van der Waals surface area contributed by atoms with Gasteiger partial charge in [0.15, 0.2) is 0 Å². The molecule has 0 bridgehead atoms. The van der Waals surface area contributed by atoms with Crippen molar-refractivity contribution in [2.45, 2.75) is 31.4 Å². The molecular formula is C20H27Cl2N3O2. The highest BCUT2D eigenvalue weighted by Crippen LogP contribution is 2.25. The molecule has 1 atom stereocenters. The average molecular weight is 412 g/mol. The normalized spacial score (nSPS) is 16.4. The van der Waals surface area contributed by atoms with Gasteiger partial charge in [-0.2, -0.15) is 0 Å². The zero-order valence-electron chi connectivity index (χ0n) is 15.6. The molecule has 2 N–H and O–H groups in total. The summed E-state index contributed by atoms with van der Waals surface area (Å²) >= 11 is 0. The van der Waals surface area contributed by atoms with Crippen LogP contribution >= 0.6 is 24.8 Å². The van der Waals surface area contributed by atoms with Crippen LogP contribution in [0.3, 0.4) is 0 Å². The Kier molecular flexibility index (Phi) is 9.19. The summed E-state index contributed by atoms with van der Waals surface area (Å²) in [6.45, 7) is 3.60. The minimum Gasteiger partial charge on any atom is -0.368 e. The van der Waals surface area contributed by atoms with Gasteiger partial charge in [0.1, 0.15) is 5.60 Å². The number of amides is 1. The molecule has 148 valence electrons. The van der Waals surface area contributed by atoms with E-state index in [4.69, 9.17) is 4.74 Å². The fraction of sp³-hybridized carbons (Fsp3) is 0.400. The molecule has 7 heteroatoms. The predicted molar refractivity (Wildman–Crippen MR) is 113 cm³/mol. The van der Waals surface area contributed by atoms with E-state index in [1.165, 1.54) is 0 Å². The van der Waals surface area contributed by atoms with E-state index in [9.17, 15) is 4.79 Å². The number of hydrogen-bond donors (Lipinski definition) is 2. The molecule has 1 unspecified atom stereocenters. The summed E-state index contributed by atoms with van der Waals surface area (Å²) in [5.74, 6) is -0.0275. The van der Waals surface area contributed by atoms with Gasteiger partial charge in [-0.3, -0.25) is 9.78 Å². The molecule has 0 saturated carbocycles. The molecule has 1 fully saturated rings. The van der Waals surface area contributed by atoms with E-state index in [1.54, 1.807) is 13.3 Å². The molecule has 1 saturated heterocycles. The van der Waals surface area contributed by atoms with Gasteiger partial charge >= 0.3 is 0 Å². The molecule has 0 aliphatic carbocycles. The van der Waals surface area contributed by atoms with Crippen molar-refractivity contribution in [3.63, 3.8) is 0 Å². The Hall–Kier alpha value is -1.66. The van der Waals surface area contributed by atoms with Crippen molar-refractivity contribution in [3.05, 3.63) is 54.4 Å². The van der Waals surface area contributed by atoms with E-state index in [-0.39, 0.29) is 36.8 Å². The Morgan fingerprint density at radius 1 is 1.15 bits per heavy atom. The van der Waals surface area contributed by atoms with E-state index in [0.29, 0.717) is 12.8 Å². The van der Waals surface area contributed by atoms with Crippen molar-refractivity contribution in [2.75, 3.05) is 20.2 Å². The third-order valence-electron chi connectivity index (χ3n) is 4.97. The van der Waals surface area contributed by atoms with Gasteiger partial charge in [0, 0.05) is 19.5 Å². The van der Waals surface area contributed by atoms with Crippen LogP contribution in [0, 0.1) is 0 Å². The third kappa shape index (κ3) is 5.42. The van der Waals surface area contributed by atoms with Crippen molar-refractivity contribution in [1.29, 1.82) is 0 Å². The number of benzene rings is 1. The Morgan fingerprint density at radius 2 is 1.81 bits per heavy atom. The highest BCUT2D eigenvalue weighted by Gasteiger charge is 2.40. The first kappa shape index (κ1) is 23.4. The van der Waals surface area contributed by atoms with Crippen molar-refractivity contribution in [2.24, 2.45) is 0 Å². The molecular weight excluding hydrogens is 385 g/mol. The van der Waals surface area contributed by atoms with Crippen LogP contribution in [0.1, 0.15) is 31.4 Å². The summed E-state index contributed by atoms with van der Waals surface area (Å²) in [5.41, 5.74) is 2.55. The number of hydrogen-bond acceptors (Lipinski definition) is 4. The number of aromatic nitrogens is 1. The lowest BCUT2D eigenvalue weighted by atomic mass is 9.90. The summed E-state index contributed by atoms with van der Waals surface area (Å²) < 4.78 is 5.60. The van der Waals surface area contributed by atoms with E-state index >= 15 is 0 Å². The number of methoxy groups -OCH3 is 1. The number of nitrogens with one attached hydrogen (secondary N) is 2. The Labute approximate surface area is 173 Å². The lowest BCUT2D eigenvalue weighted by Crippen LogP contribution is -2.54. The first-order chi connectivity index (χ1) is 12.1. The number of halogens is 2. The quantitative estimate of drug-likeness (QED) is 0.789. The van der Waals surface area contributed by atoms with Gasteiger partial charge in [-0.15, -0.1) is 24.8 Å². The number of carbonyl (C=O) groups is 1. The van der Waals surface area contributed by atoms with Crippen LogP contribution in [0.25, 0.3) is 11.1 Å². The molecule has 0 radical (unpaired) electrons. The molecule has 27 heavy (non-hydrogen) atoms. The number of carbonyl (C=O) groups excluding carboxylic acids is 1. The minimum absolute atomic E-state index is 0. The molecule has 1 aliphatic rings. The maximum Gasteiger partial charge on any atom is 0.252 e. The van der Waals surface area contributed by atoms with Crippen LogP contribution in [0.15, 0.2) is 48.8 Å². The highest BCUT2D eigenvalue weighted by molar-refractivity contribution is 5.86. The topological polar surface area (TPSA) is 63.2 Å². The van der Waals surface area contributed by atoms with Gasteiger partial charge in [0.2, 0.25) is 0 Å². The molecule has 1 aromatic heterocycles. The zero-order chi connectivity index (χ0) is 17.7. The van der Waals surface area contributed by atoms with Gasteiger partial charge in [0.05, 0.1) is 6.04 Å². The van der Waals surface area contributed by atoms with Crippen LogP contribution in [-0.4, -0.2) is 36.7 Å². The van der Waals surface area contributed by atoms with Gasteiger partial charge < -0.3 is 15.4 Å². The summed E-state index contributed by atoms with van der Waals surface area (Å²) in [6, 6.07) is 12.1. The molecule has 3 rings (SSSR count). The lowest BCUT2D eigenvalue weighted by molar-refractivity contribution is -0.147. The smallest absolute Gasteiger partial charge is 0.252 e. The SMILES string of the molecule is COC1(C(=O)NC(C)c2ccc(-c3cccnc3)cc2)CCNCC1.Cl.Cl. The molecule has 2 aromatic rings. The van der Waals surface area contributed by atoms with Crippen LogP contribution in [-0.2, 0) is 9.53 Å². The molecule has 1 amide bonds. The van der Waals surface area contributed by atoms with Crippen LogP contribution in [0.5, 0.6) is 0 Å². The second kappa shape index (κ2) is 10.6. The van der Waals surface area contributed by atoms with Crippen LogP contribution in [0.2, 0.25) is 0 Å². The largest absolute Gasteiger partial charge is 0.368 e. The van der Waals surface area contributed by atoms with Crippen molar-refractivity contribution in [3.8, 4) is 11.1 Å². The standard InChI is InChI=1S/C20H25N3O2.2ClH/c1-15(23-19(24)20(25-2)9-12-21-13-10-20)16-5-7-17(8-6-16)18-4-3-11-22-14-18;;/h3-8,11,14-15,21H,9-10,12-13H2,1-2H3,(H,23,24);2*1H. The number of piperidine rings is 1. The summed E-state index contributed by atoms with van der Waals surface area (Å²) in [6.07, 6.45) is 5.01. The molecule has 1 aliphatic heterocycles. The fourth-order valence-electron chi connectivity index (χ4n) is 3.26. The van der Waals surface area contributed by atoms with E-state index in [2.05, 4.69) is 39.9 Å². The molecule has 5 nitrogen and oxygen atoms in total. The average Bonchev–Trinajstić information content (AvgIpc) is 2.69. The third-order valence-corrected chi connectivity index (χ3v) is 4.97. The summed E-state index contributed by atoms with van der Waals surface area (Å²) in [7, 11) is 1.62. The van der Waals surface area contributed by atoms with E-state index in [0.717, 1.165) is 29.8 Å².